The van der Waals surface area contributed by atoms with Crippen LogP contribution in [0.15, 0.2) is 24.3 Å². The van der Waals surface area contributed by atoms with Gasteiger partial charge in [-0.15, -0.1) is 0 Å². The lowest BCUT2D eigenvalue weighted by atomic mass is 10.2. The van der Waals surface area contributed by atoms with Gasteiger partial charge in [0, 0.05) is 6.04 Å². The lowest BCUT2D eigenvalue weighted by molar-refractivity contribution is 0.259. The molecule has 2 nitrogen and oxygen atoms in total. The molecule has 0 fully saturated rings. The summed E-state index contributed by atoms with van der Waals surface area (Å²) in [7, 11) is 0. The summed E-state index contributed by atoms with van der Waals surface area (Å²) in [6.07, 6.45) is 2.27. The Morgan fingerprint density at radius 1 is 1.25 bits per heavy atom. The first-order valence-electron chi connectivity index (χ1n) is 6.19. The van der Waals surface area contributed by atoms with Gasteiger partial charge in [0.2, 0.25) is 0 Å². The molecular formula is C14H23NO. The molecule has 2 heteroatoms. The van der Waals surface area contributed by atoms with Crippen molar-refractivity contribution in [1.82, 2.24) is 5.32 Å². The highest BCUT2D eigenvalue weighted by molar-refractivity contribution is 5.31. The smallest absolute Gasteiger partial charge is 0.122 e. The normalized spacial score (nSPS) is 12.4. The Morgan fingerprint density at radius 2 is 2.00 bits per heavy atom. The van der Waals surface area contributed by atoms with Crippen molar-refractivity contribution in [2.75, 3.05) is 13.2 Å². The van der Waals surface area contributed by atoms with Crippen LogP contribution in [0.4, 0.5) is 0 Å². The number of ether oxygens (including phenoxy) is 1. The van der Waals surface area contributed by atoms with Gasteiger partial charge in [0.05, 0.1) is 0 Å². The standard InChI is InChI=1S/C14H23NO/c1-4-10-15-13(5-2)11-16-14-9-7-6-8-12(14)3/h6-9,13,15H,4-5,10-11H2,1-3H3. The average molecular weight is 221 g/mol. The molecule has 0 bridgehead atoms. The Bertz CT molecular complexity index is 299. The Hall–Kier alpha value is -1.02. The highest BCUT2D eigenvalue weighted by atomic mass is 16.5. The number of hydrogen-bond donors (Lipinski definition) is 1. The summed E-state index contributed by atoms with van der Waals surface area (Å²) in [5.41, 5.74) is 1.20. The summed E-state index contributed by atoms with van der Waals surface area (Å²) >= 11 is 0. The topological polar surface area (TPSA) is 21.3 Å². The first-order valence-corrected chi connectivity index (χ1v) is 6.19. The number of benzene rings is 1. The third-order valence-electron chi connectivity index (χ3n) is 2.71. The lowest BCUT2D eigenvalue weighted by Crippen LogP contribution is -2.34. The molecule has 1 rings (SSSR count). The first-order chi connectivity index (χ1) is 7.77. The summed E-state index contributed by atoms with van der Waals surface area (Å²) in [6.45, 7) is 8.27. The third kappa shape index (κ3) is 4.23. The fourth-order valence-electron chi connectivity index (χ4n) is 1.58. The number of rotatable bonds is 7. The van der Waals surface area contributed by atoms with Gasteiger partial charge >= 0.3 is 0 Å². The highest BCUT2D eigenvalue weighted by Gasteiger charge is 2.06. The van der Waals surface area contributed by atoms with E-state index in [4.69, 9.17) is 4.74 Å². The molecule has 1 atom stereocenters. The van der Waals surface area contributed by atoms with Crippen molar-refractivity contribution in [2.24, 2.45) is 0 Å². The summed E-state index contributed by atoms with van der Waals surface area (Å²) in [4.78, 5) is 0. The zero-order chi connectivity index (χ0) is 11.8. The second-order valence-electron chi connectivity index (χ2n) is 4.14. The van der Waals surface area contributed by atoms with Crippen LogP contribution in [0.2, 0.25) is 0 Å². The predicted molar refractivity (Wildman–Crippen MR) is 69.0 cm³/mol. The molecule has 0 heterocycles. The van der Waals surface area contributed by atoms with E-state index in [1.165, 1.54) is 12.0 Å². The number of aryl methyl sites for hydroxylation is 1. The number of hydrogen-bond acceptors (Lipinski definition) is 2. The van der Waals surface area contributed by atoms with E-state index in [1.807, 2.05) is 18.2 Å². The van der Waals surface area contributed by atoms with Crippen molar-refractivity contribution in [1.29, 1.82) is 0 Å². The van der Waals surface area contributed by atoms with Crippen LogP contribution in [0.1, 0.15) is 32.3 Å². The maximum absolute atomic E-state index is 5.82. The minimum Gasteiger partial charge on any atom is -0.492 e. The molecular weight excluding hydrogens is 198 g/mol. The van der Waals surface area contributed by atoms with Gasteiger partial charge in [-0.1, -0.05) is 32.0 Å². The van der Waals surface area contributed by atoms with Crippen LogP contribution >= 0.6 is 0 Å². The molecule has 0 aromatic heterocycles. The third-order valence-corrected chi connectivity index (χ3v) is 2.71. The van der Waals surface area contributed by atoms with E-state index >= 15 is 0 Å². The van der Waals surface area contributed by atoms with Crippen LogP contribution in [0.25, 0.3) is 0 Å². The van der Waals surface area contributed by atoms with Gasteiger partial charge in [0.25, 0.3) is 0 Å². The van der Waals surface area contributed by atoms with Gasteiger partial charge in [0.1, 0.15) is 12.4 Å². The Morgan fingerprint density at radius 3 is 2.62 bits per heavy atom. The molecule has 0 radical (unpaired) electrons. The molecule has 0 aliphatic rings. The van der Waals surface area contributed by atoms with E-state index < -0.39 is 0 Å². The van der Waals surface area contributed by atoms with Gasteiger partial charge < -0.3 is 10.1 Å². The van der Waals surface area contributed by atoms with Crippen LogP contribution in [-0.4, -0.2) is 19.2 Å². The Labute approximate surface area is 99.0 Å². The molecule has 16 heavy (non-hydrogen) atoms. The Kier molecular flexibility index (Phi) is 5.94. The molecule has 90 valence electrons. The second kappa shape index (κ2) is 7.29. The molecule has 0 spiro atoms. The van der Waals surface area contributed by atoms with E-state index in [2.05, 4.69) is 32.2 Å². The maximum atomic E-state index is 5.82. The lowest BCUT2D eigenvalue weighted by Gasteiger charge is -2.18. The monoisotopic (exact) mass is 221 g/mol. The van der Waals surface area contributed by atoms with Gasteiger partial charge in [-0.25, -0.2) is 0 Å². The van der Waals surface area contributed by atoms with Crippen molar-refractivity contribution < 1.29 is 4.74 Å². The van der Waals surface area contributed by atoms with E-state index in [1.54, 1.807) is 0 Å². The summed E-state index contributed by atoms with van der Waals surface area (Å²) < 4.78 is 5.82. The van der Waals surface area contributed by atoms with Crippen LogP contribution in [-0.2, 0) is 0 Å². The molecule has 1 aromatic carbocycles. The van der Waals surface area contributed by atoms with Crippen molar-refractivity contribution in [3.8, 4) is 5.75 Å². The second-order valence-corrected chi connectivity index (χ2v) is 4.14. The number of nitrogens with one attached hydrogen (secondary N) is 1. The predicted octanol–water partition coefficient (Wildman–Crippen LogP) is 3.15. The molecule has 1 N–H and O–H groups in total. The molecule has 0 amide bonds. The van der Waals surface area contributed by atoms with Crippen molar-refractivity contribution >= 4 is 0 Å². The quantitative estimate of drug-likeness (QED) is 0.763. The fraction of sp³-hybridized carbons (Fsp3) is 0.571. The molecule has 0 saturated heterocycles. The average Bonchev–Trinajstić information content (AvgIpc) is 2.31. The highest BCUT2D eigenvalue weighted by Crippen LogP contribution is 2.16. The van der Waals surface area contributed by atoms with Crippen LogP contribution in [0.5, 0.6) is 5.75 Å². The van der Waals surface area contributed by atoms with Crippen molar-refractivity contribution in [3.63, 3.8) is 0 Å². The van der Waals surface area contributed by atoms with Gasteiger partial charge in [-0.05, 0) is 37.9 Å². The summed E-state index contributed by atoms with van der Waals surface area (Å²) in [6, 6.07) is 8.62. The molecule has 1 aromatic rings. The van der Waals surface area contributed by atoms with E-state index in [0.717, 1.165) is 25.3 Å². The van der Waals surface area contributed by atoms with Gasteiger partial charge in [-0.3, -0.25) is 0 Å². The molecule has 1 unspecified atom stereocenters. The summed E-state index contributed by atoms with van der Waals surface area (Å²) in [5.74, 6) is 0.999. The SMILES string of the molecule is CCCNC(CC)COc1ccccc1C. The van der Waals surface area contributed by atoms with Crippen LogP contribution < -0.4 is 10.1 Å². The maximum Gasteiger partial charge on any atom is 0.122 e. The zero-order valence-corrected chi connectivity index (χ0v) is 10.6. The van der Waals surface area contributed by atoms with E-state index in [0.29, 0.717) is 6.04 Å². The molecule has 0 aliphatic carbocycles. The Balaban J connectivity index is 2.40. The summed E-state index contributed by atoms with van der Waals surface area (Å²) in [5, 5.41) is 3.48. The van der Waals surface area contributed by atoms with Gasteiger partial charge in [-0.2, -0.15) is 0 Å². The van der Waals surface area contributed by atoms with Crippen LogP contribution in [0.3, 0.4) is 0 Å². The molecule has 0 saturated carbocycles. The molecule has 0 aliphatic heterocycles. The first kappa shape index (κ1) is 13.0. The van der Waals surface area contributed by atoms with E-state index in [9.17, 15) is 0 Å². The minimum atomic E-state index is 0.458. The largest absolute Gasteiger partial charge is 0.492 e. The fourth-order valence-corrected chi connectivity index (χ4v) is 1.58. The van der Waals surface area contributed by atoms with Crippen molar-refractivity contribution in [2.45, 2.75) is 39.7 Å². The van der Waals surface area contributed by atoms with Gasteiger partial charge in [0.15, 0.2) is 0 Å². The van der Waals surface area contributed by atoms with Crippen molar-refractivity contribution in [3.05, 3.63) is 29.8 Å². The van der Waals surface area contributed by atoms with E-state index in [-0.39, 0.29) is 0 Å². The number of para-hydroxylation sites is 1. The van der Waals surface area contributed by atoms with Crippen LogP contribution in [0, 0.1) is 6.92 Å². The zero-order valence-electron chi connectivity index (χ0n) is 10.6. The minimum absolute atomic E-state index is 0.458.